The van der Waals surface area contributed by atoms with Crippen LogP contribution in [-0.2, 0) is 4.79 Å². The van der Waals surface area contributed by atoms with E-state index in [1.165, 1.54) is 4.70 Å². The SMILES string of the molecule is COc1ccc(C)cc1/C=C/C(=O)N1CCC[C@H](c2nc3ccccc3s2)C1. The van der Waals surface area contributed by atoms with Gasteiger partial charge in [-0.05, 0) is 50.1 Å². The summed E-state index contributed by atoms with van der Waals surface area (Å²) in [4.78, 5) is 19.5. The van der Waals surface area contributed by atoms with E-state index in [4.69, 9.17) is 9.72 Å². The maximum atomic E-state index is 12.8. The number of nitrogens with zero attached hydrogens (tertiary/aromatic N) is 2. The molecule has 5 heteroatoms. The van der Waals surface area contributed by atoms with E-state index in [1.54, 1.807) is 24.5 Å². The van der Waals surface area contributed by atoms with Crippen molar-refractivity contribution in [2.24, 2.45) is 0 Å². The van der Waals surface area contributed by atoms with Gasteiger partial charge in [-0.25, -0.2) is 4.98 Å². The van der Waals surface area contributed by atoms with Crippen molar-refractivity contribution < 1.29 is 9.53 Å². The first-order valence-electron chi connectivity index (χ1n) is 9.61. The lowest BCUT2D eigenvalue weighted by molar-refractivity contribution is -0.127. The third-order valence-electron chi connectivity index (χ3n) is 5.18. The Morgan fingerprint density at radius 3 is 2.96 bits per heavy atom. The van der Waals surface area contributed by atoms with Gasteiger partial charge in [-0.2, -0.15) is 0 Å². The lowest BCUT2D eigenvalue weighted by Crippen LogP contribution is -2.38. The summed E-state index contributed by atoms with van der Waals surface area (Å²) in [6.07, 6.45) is 5.61. The minimum absolute atomic E-state index is 0.0503. The highest BCUT2D eigenvalue weighted by atomic mass is 32.1. The number of rotatable bonds is 4. The van der Waals surface area contributed by atoms with E-state index < -0.39 is 0 Å². The van der Waals surface area contributed by atoms with Gasteiger partial charge in [0.25, 0.3) is 0 Å². The number of thiazole rings is 1. The Morgan fingerprint density at radius 1 is 1.29 bits per heavy atom. The van der Waals surface area contributed by atoms with Crippen LogP contribution in [0.1, 0.15) is 34.9 Å². The fraction of sp³-hybridized carbons (Fsp3) is 0.304. The van der Waals surface area contributed by atoms with Gasteiger partial charge in [-0.15, -0.1) is 11.3 Å². The summed E-state index contributed by atoms with van der Waals surface area (Å²) in [7, 11) is 1.65. The van der Waals surface area contributed by atoms with Crippen LogP contribution in [0.4, 0.5) is 0 Å². The summed E-state index contributed by atoms with van der Waals surface area (Å²) < 4.78 is 6.61. The van der Waals surface area contributed by atoms with Crippen LogP contribution in [0, 0.1) is 6.92 Å². The van der Waals surface area contributed by atoms with Crippen molar-refractivity contribution in [2.45, 2.75) is 25.7 Å². The Labute approximate surface area is 169 Å². The first-order chi connectivity index (χ1) is 13.6. The number of aryl methyl sites for hydroxylation is 1. The van der Waals surface area contributed by atoms with Crippen LogP contribution in [0.3, 0.4) is 0 Å². The van der Waals surface area contributed by atoms with Crippen LogP contribution in [0.5, 0.6) is 5.75 Å². The molecule has 2 heterocycles. The quantitative estimate of drug-likeness (QED) is 0.585. The molecule has 1 amide bonds. The van der Waals surface area contributed by atoms with Crippen molar-refractivity contribution >= 4 is 33.5 Å². The van der Waals surface area contributed by atoms with Gasteiger partial charge < -0.3 is 9.64 Å². The van der Waals surface area contributed by atoms with Crippen LogP contribution >= 0.6 is 11.3 Å². The Kier molecular flexibility index (Phi) is 5.44. The first-order valence-corrected chi connectivity index (χ1v) is 10.4. The second kappa shape index (κ2) is 8.15. The second-order valence-electron chi connectivity index (χ2n) is 7.22. The number of carbonyl (C=O) groups excluding carboxylic acids is 1. The Hall–Kier alpha value is -2.66. The molecule has 0 N–H and O–H groups in total. The van der Waals surface area contributed by atoms with Gasteiger partial charge in [0, 0.05) is 30.6 Å². The molecule has 0 saturated carbocycles. The Balaban J connectivity index is 1.48. The van der Waals surface area contributed by atoms with E-state index in [9.17, 15) is 4.79 Å². The normalized spacial score (nSPS) is 17.4. The number of fused-ring (bicyclic) bond motifs is 1. The fourth-order valence-electron chi connectivity index (χ4n) is 3.69. The lowest BCUT2D eigenvalue weighted by atomic mass is 9.98. The van der Waals surface area contributed by atoms with Crippen LogP contribution in [0.25, 0.3) is 16.3 Å². The maximum Gasteiger partial charge on any atom is 0.246 e. The average Bonchev–Trinajstić information content (AvgIpc) is 3.16. The standard InChI is InChI=1S/C23H24N2O2S/c1-16-9-11-20(27-2)17(14-16)10-12-22(26)25-13-5-6-18(15-25)23-24-19-7-3-4-8-21(19)28-23/h3-4,7-12,14,18H,5-6,13,15H2,1-2H3/b12-10+/t18-/m0/s1. The van der Waals surface area contributed by atoms with Gasteiger partial charge in [0.2, 0.25) is 5.91 Å². The third kappa shape index (κ3) is 3.94. The van der Waals surface area contributed by atoms with E-state index in [0.717, 1.165) is 53.3 Å². The summed E-state index contributed by atoms with van der Waals surface area (Å²) in [6, 6.07) is 14.2. The molecule has 1 aliphatic heterocycles. The number of ether oxygens (including phenoxy) is 1. The summed E-state index contributed by atoms with van der Waals surface area (Å²) in [6.45, 7) is 3.56. The number of para-hydroxylation sites is 1. The molecule has 1 aromatic heterocycles. The molecule has 0 unspecified atom stereocenters. The van der Waals surface area contributed by atoms with Crippen molar-refractivity contribution in [1.82, 2.24) is 9.88 Å². The largest absolute Gasteiger partial charge is 0.496 e. The highest BCUT2D eigenvalue weighted by molar-refractivity contribution is 7.18. The van der Waals surface area contributed by atoms with Gasteiger partial charge in [0.15, 0.2) is 0 Å². The van der Waals surface area contributed by atoms with Crippen LogP contribution in [-0.4, -0.2) is 36.0 Å². The number of carbonyl (C=O) groups is 1. The number of hydrogen-bond acceptors (Lipinski definition) is 4. The fourth-order valence-corrected chi connectivity index (χ4v) is 4.79. The third-order valence-corrected chi connectivity index (χ3v) is 6.38. The summed E-state index contributed by atoms with van der Waals surface area (Å²) in [5.41, 5.74) is 3.12. The van der Waals surface area contributed by atoms with E-state index in [0.29, 0.717) is 5.92 Å². The molecule has 28 heavy (non-hydrogen) atoms. The van der Waals surface area contributed by atoms with E-state index in [-0.39, 0.29) is 5.91 Å². The number of aromatic nitrogens is 1. The Morgan fingerprint density at radius 2 is 2.14 bits per heavy atom. The summed E-state index contributed by atoms with van der Waals surface area (Å²) in [5, 5.41) is 1.14. The van der Waals surface area contributed by atoms with Gasteiger partial charge in [0.1, 0.15) is 5.75 Å². The smallest absolute Gasteiger partial charge is 0.246 e. The predicted octanol–water partition coefficient (Wildman–Crippen LogP) is 5.03. The number of hydrogen-bond donors (Lipinski definition) is 0. The lowest BCUT2D eigenvalue weighted by Gasteiger charge is -2.31. The molecule has 1 aliphatic rings. The Bertz CT molecular complexity index is 991. The molecular weight excluding hydrogens is 368 g/mol. The van der Waals surface area contributed by atoms with Gasteiger partial charge in [-0.1, -0.05) is 23.8 Å². The number of benzene rings is 2. The average molecular weight is 393 g/mol. The molecule has 3 aromatic rings. The molecule has 2 aromatic carbocycles. The number of amides is 1. The monoisotopic (exact) mass is 392 g/mol. The van der Waals surface area contributed by atoms with Crippen molar-refractivity contribution in [3.63, 3.8) is 0 Å². The summed E-state index contributed by atoms with van der Waals surface area (Å²) >= 11 is 1.75. The number of likely N-dealkylation sites (tertiary alicyclic amines) is 1. The van der Waals surface area contributed by atoms with Crippen molar-refractivity contribution in [1.29, 1.82) is 0 Å². The van der Waals surface area contributed by atoms with Crippen LogP contribution in [0.2, 0.25) is 0 Å². The minimum Gasteiger partial charge on any atom is -0.496 e. The molecule has 1 fully saturated rings. The molecular formula is C23H24N2O2S. The van der Waals surface area contributed by atoms with Crippen LogP contribution in [0.15, 0.2) is 48.5 Å². The van der Waals surface area contributed by atoms with Gasteiger partial charge >= 0.3 is 0 Å². The molecule has 0 radical (unpaired) electrons. The molecule has 0 bridgehead atoms. The highest BCUT2D eigenvalue weighted by Crippen LogP contribution is 2.33. The van der Waals surface area contributed by atoms with Crippen molar-refractivity contribution in [3.8, 4) is 5.75 Å². The predicted molar refractivity (Wildman–Crippen MR) is 115 cm³/mol. The molecule has 0 aliphatic carbocycles. The minimum atomic E-state index is 0.0503. The zero-order valence-electron chi connectivity index (χ0n) is 16.2. The summed E-state index contributed by atoms with van der Waals surface area (Å²) in [5.74, 6) is 1.15. The number of methoxy groups -OCH3 is 1. The highest BCUT2D eigenvalue weighted by Gasteiger charge is 2.26. The molecule has 144 valence electrons. The van der Waals surface area contributed by atoms with E-state index >= 15 is 0 Å². The molecule has 0 spiro atoms. The second-order valence-corrected chi connectivity index (χ2v) is 8.28. The molecule has 1 saturated heterocycles. The maximum absolute atomic E-state index is 12.8. The molecule has 4 nitrogen and oxygen atoms in total. The van der Waals surface area contributed by atoms with E-state index in [1.807, 2.05) is 48.2 Å². The van der Waals surface area contributed by atoms with Gasteiger partial charge in [-0.3, -0.25) is 4.79 Å². The number of piperidine rings is 1. The zero-order chi connectivity index (χ0) is 19.5. The first kappa shape index (κ1) is 18.7. The van der Waals surface area contributed by atoms with Crippen molar-refractivity contribution in [3.05, 3.63) is 64.7 Å². The van der Waals surface area contributed by atoms with Crippen LogP contribution < -0.4 is 4.74 Å². The van der Waals surface area contributed by atoms with E-state index in [2.05, 4.69) is 12.1 Å². The zero-order valence-corrected chi connectivity index (χ0v) is 17.0. The molecule has 1 atom stereocenters. The van der Waals surface area contributed by atoms with Crippen molar-refractivity contribution in [2.75, 3.05) is 20.2 Å². The van der Waals surface area contributed by atoms with Gasteiger partial charge in [0.05, 0.1) is 22.3 Å². The topological polar surface area (TPSA) is 42.4 Å². The molecule has 4 rings (SSSR count).